The Balaban J connectivity index is 1.69. The smallest absolute Gasteiger partial charge is 0.251 e. The molecule has 1 saturated heterocycles. The van der Waals surface area contributed by atoms with Crippen LogP contribution in [0, 0.1) is 0 Å². The minimum Gasteiger partial charge on any atom is -0.493 e. The van der Waals surface area contributed by atoms with Gasteiger partial charge in [-0.1, -0.05) is 6.07 Å². The second-order valence-electron chi connectivity index (χ2n) is 7.94. The van der Waals surface area contributed by atoms with Crippen molar-refractivity contribution < 1.29 is 22.7 Å². The van der Waals surface area contributed by atoms with Gasteiger partial charge in [0.2, 0.25) is 10.0 Å². The maximum absolute atomic E-state index is 12.7. The summed E-state index contributed by atoms with van der Waals surface area (Å²) in [6.45, 7) is 1.47. The van der Waals surface area contributed by atoms with Gasteiger partial charge in [-0.3, -0.25) is 4.79 Å². The first-order chi connectivity index (χ1) is 15.3. The number of likely N-dealkylation sites (N-methyl/N-ethyl adjacent to an activating group) is 1. The zero-order chi connectivity index (χ0) is 23.3. The summed E-state index contributed by atoms with van der Waals surface area (Å²) in [5, 5.41) is 2.95. The standard InChI is InChI=1S/C23H31N3O5S/c1-25(2)20(18-9-12-21(30-3)22(15-18)31-4)16-24-23(27)17-7-10-19(11-8-17)32(28,29)26-13-5-6-14-26/h7-12,15,20H,5-6,13-14,16H2,1-4H3,(H,24,27)/t20-/m1/s1. The van der Waals surface area contributed by atoms with Crippen LogP contribution in [0.25, 0.3) is 0 Å². The quantitative estimate of drug-likeness (QED) is 0.617. The van der Waals surface area contributed by atoms with Crippen LogP contribution in [0.15, 0.2) is 47.4 Å². The summed E-state index contributed by atoms with van der Waals surface area (Å²) in [6.07, 6.45) is 1.76. The highest BCUT2D eigenvalue weighted by Gasteiger charge is 2.27. The summed E-state index contributed by atoms with van der Waals surface area (Å²) in [5.41, 5.74) is 1.38. The Hall–Kier alpha value is -2.62. The highest BCUT2D eigenvalue weighted by molar-refractivity contribution is 7.89. The Morgan fingerprint density at radius 2 is 1.66 bits per heavy atom. The van der Waals surface area contributed by atoms with Gasteiger partial charge in [-0.05, 0) is 68.9 Å². The first-order valence-electron chi connectivity index (χ1n) is 10.5. The van der Waals surface area contributed by atoms with Gasteiger partial charge in [0.25, 0.3) is 5.91 Å². The number of sulfonamides is 1. The van der Waals surface area contributed by atoms with Crippen molar-refractivity contribution in [3.05, 3.63) is 53.6 Å². The number of ether oxygens (including phenoxy) is 2. The topological polar surface area (TPSA) is 88.2 Å². The van der Waals surface area contributed by atoms with Gasteiger partial charge in [0.1, 0.15) is 0 Å². The lowest BCUT2D eigenvalue weighted by Gasteiger charge is -2.26. The summed E-state index contributed by atoms with van der Waals surface area (Å²) >= 11 is 0. The summed E-state index contributed by atoms with van der Waals surface area (Å²) < 4.78 is 37.5. The maximum atomic E-state index is 12.7. The predicted octanol–water partition coefficient (Wildman–Crippen LogP) is 2.52. The molecule has 1 aliphatic rings. The molecule has 9 heteroatoms. The van der Waals surface area contributed by atoms with Gasteiger partial charge in [-0.15, -0.1) is 0 Å². The van der Waals surface area contributed by atoms with E-state index in [2.05, 4.69) is 5.32 Å². The molecule has 0 spiro atoms. The lowest BCUT2D eigenvalue weighted by Crippen LogP contribution is -2.34. The highest BCUT2D eigenvalue weighted by Crippen LogP contribution is 2.31. The third-order valence-corrected chi connectivity index (χ3v) is 7.60. The van der Waals surface area contributed by atoms with Gasteiger partial charge in [0.05, 0.1) is 25.2 Å². The first-order valence-corrected chi connectivity index (χ1v) is 12.0. The van der Waals surface area contributed by atoms with E-state index in [1.54, 1.807) is 26.4 Å². The number of carbonyl (C=O) groups is 1. The van der Waals surface area contributed by atoms with Gasteiger partial charge < -0.3 is 19.7 Å². The normalized spacial score (nSPS) is 15.5. The van der Waals surface area contributed by atoms with E-state index in [1.165, 1.54) is 16.4 Å². The molecule has 1 aliphatic heterocycles. The lowest BCUT2D eigenvalue weighted by atomic mass is 10.0. The number of carbonyl (C=O) groups excluding carboxylic acids is 1. The molecule has 174 valence electrons. The molecular weight excluding hydrogens is 430 g/mol. The Labute approximate surface area is 190 Å². The van der Waals surface area contributed by atoms with Crippen LogP contribution in [0.4, 0.5) is 0 Å². The maximum Gasteiger partial charge on any atom is 0.251 e. The number of hydrogen-bond acceptors (Lipinski definition) is 6. The van der Waals surface area contributed by atoms with Gasteiger partial charge in [-0.2, -0.15) is 4.31 Å². The number of hydrogen-bond donors (Lipinski definition) is 1. The van der Waals surface area contributed by atoms with Gasteiger partial charge in [0, 0.05) is 25.2 Å². The Morgan fingerprint density at radius 1 is 1.03 bits per heavy atom. The SMILES string of the molecule is COc1ccc([C@@H](CNC(=O)c2ccc(S(=O)(=O)N3CCCC3)cc2)N(C)C)cc1OC. The summed E-state index contributed by atoms with van der Waals surface area (Å²) in [7, 11) is 3.55. The van der Waals surface area contributed by atoms with Crippen molar-refractivity contribution >= 4 is 15.9 Å². The van der Waals surface area contributed by atoms with E-state index < -0.39 is 10.0 Å². The van der Waals surface area contributed by atoms with Crippen LogP contribution in [0.5, 0.6) is 11.5 Å². The predicted molar refractivity (Wildman–Crippen MR) is 123 cm³/mol. The van der Waals surface area contributed by atoms with Crippen LogP contribution in [0.2, 0.25) is 0 Å². The molecule has 0 radical (unpaired) electrons. The van der Waals surface area contributed by atoms with E-state index in [0.29, 0.717) is 36.7 Å². The lowest BCUT2D eigenvalue weighted by molar-refractivity contribution is 0.0941. The van der Waals surface area contributed by atoms with E-state index in [9.17, 15) is 13.2 Å². The van der Waals surface area contributed by atoms with Gasteiger partial charge in [0.15, 0.2) is 11.5 Å². The molecule has 1 heterocycles. The molecule has 1 fully saturated rings. The molecule has 1 N–H and O–H groups in total. The molecule has 2 aromatic rings. The van der Waals surface area contributed by atoms with Crippen molar-refractivity contribution in [2.24, 2.45) is 0 Å². The molecule has 0 aromatic heterocycles. The molecule has 0 saturated carbocycles. The largest absolute Gasteiger partial charge is 0.493 e. The van der Waals surface area contributed by atoms with E-state index in [1.807, 2.05) is 37.2 Å². The first kappa shape index (κ1) is 24.0. The van der Waals surface area contributed by atoms with Crippen LogP contribution in [-0.2, 0) is 10.0 Å². The second kappa shape index (κ2) is 10.3. The zero-order valence-corrected chi connectivity index (χ0v) is 19.8. The fraction of sp³-hybridized carbons (Fsp3) is 0.435. The third kappa shape index (κ3) is 5.23. The van der Waals surface area contributed by atoms with Gasteiger partial charge in [-0.25, -0.2) is 8.42 Å². The number of methoxy groups -OCH3 is 2. The van der Waals surface area contributed by atoms with Crippen LogP contribution < -0.4 is 14.8 Å². The number of nitrogens with zero attached hydrogens (tertiary/aromatic N) is 2. The van der Waals surface area contributed by atoms with Gasteiger partial charge >= 0.3 is 0 Å². The number of benzene rings is 2. The van der Waals surface area contributed by atoms with Crippen LogP contribution in [0.1, 0.15) is 34.8 Å². The fourth-order valence-corrected chi connectivity index (χ4v) is 5.32. The number of nitrogens with one attached hydrogen (secondary N) is 1. The van der Waals surface area contributed by atoms with Crippen molar-refractivity contribution in [3.63, 3.8) is 0 Å². The van der Waals surface area contributed by atoms with E-state index in [-0.39, 0.29) is 16.8 Å². The minimum atomic E-state index is -3.49. The average Bonchev–Trinajstić information content (AvgIpc) is 3.34. The minimum absolute atomic E-state index is 0.0893. The van der Waals surface area contributed by atoms with Crippen LogP contribution in [0.3, 0.4) is 0 Å². The molecule has 2 aromatic carbocycles. The summed E-state index contributed by atoms with van der Waals surface area (Å²) in [6, 6.07) is 11.7. The van der Waals surface area contributed by atoms with Crippen molar-refractivity contribution in [1.82, 2.24) is 14.5 Å². The summed E-state index contributed by atoms with van der Waals surface area (Å²) in [4.78, 5) is 14.9. The van der Waals surface area contributed by atoms with Crippen LogP contribution in [-0.4, -0.2) is 71.5 Å². The van der Waals surface area contributed by atoms with E-state index in [4.69, 9.17) is 9.47 Å². The Morgan fingerprint density at radius 3 is 2.22 bits per heavy atom. The molecule has 8 nitrogen and oxygen atoms in total. The molecule has 3 rings (SSSR count). The number of amides is 1. The monoisotopic (exact) mass is 461 g/mol. The van der Waals surface area contributed by atoms with Crippen molar-refractivity contribution in [1.29, 1.82) is 0 Å². The zero-order valence-electron chi connectivity index (χ0n) is 19.0. The van der Waals surface area contributed by atoms with E-state index in [0.717, 1.165) is 18.4 Å². The molecule has 0 unspecified atom stereocenters. The fourth-order valence-electron chi connectivity index (χ4n) is 3.81. The average molecular weight is 462 g/mol. The van der Waals surface area contributed by atoms with Crippen molar-refractivity contribution in [3.8, 4) is 11.5 Å². The van der Waals surface area contributed by atoms with Crippen molar-refractivity contribution in [2.45, 2.75) is 23.8 Å². The van der Waals surface area contributed by atoms with E-state index >= 15 is 0 Å². The molecule has 32 heavy (non-hydrogen) atoms. The highest BCUT2D eigenvalue weighted by atomic mass is 32.2. The second-order valence-corrected chi connectivity index (χ2v) is 9.88. The number of rotatable bonds is 9. The molecule has 1 amide bonds. The van der Waals surface area contributed by atoms with Crippen molar-refractivity contribution in [2.75, 3.05) is 47.9 Å². The third-order valence-electron chi connectivity index (χ3n) is 5.69. The summed E-state index contributed by atoms with van der Waals surface area (Å²) in [5.74, 6) is 1.00. The Kier molecular flexibility index (Phi) is 7.76. The molecular formula is C23H31N3O5S. The molecule has 0 aliphatic carbocycles. The molecule has 1 atom stereocenters. The van der Waals surface area contributed by atoms with Crippen LogP contribution >= 0.6 is 0 Å². The molecule has 0 bridgehead atoms. The Bertz CT molecular complexity index is 1030.